The normalized spacial score (nSPS) is 18.6. The largest absolute Gasteiger partial charge is 0.383 e. The molecule has 0 spiro atoms. The standard InChI is InChI=1S/C13H21BrN4/c1-2-10(9-6-4-3-5-7-9)16-13-17-11(14)8-12(15)18-13/h8-10H,2-7H2,1H3,(H3,15,16,17,18). The quantitative estimate of drug-likeness (QED) is 0.834. The molecule has 2 rings (SSSR count). The number of nitrogens with two attached hydrogens (primary N) is 1. The van der Waals surface area contributed by atoms with Crippen molar-refractivity contribution in [3.8, 4) is 0 Å². The topological polar surface area (TPSA) is 63.8 Å². The zero-order valence-corrected chi connectivity index (χ0v) is 12.4. The Morgan fingerprint density at radius 2 is 2.11 bits per heavy atom. The molecule has 0 saturated heterocycles. The molecular weight excluding hydrogens is 292 g/mol. The lowest BCUT2D eigenvalue weighted by molar-refractivity contribution is 0.312. The summed E-state index contributed by atoms with van der Waals surface area (Å²) < 4.78 is 0.732. The van der Waals surface area contributed by atoms with Crippen LogP contribution < -0.4 is 11.1 Å². The zero-order chi connectivity index (χ0) is 13.0. The number of aromatic nitrogens is 2. The Bertz CT molecular complexity index is 370. The molecule has 1 unspecified atom stereocenters. The van der Waals surface area contributed by atoms with Crippen LogP contribution in [0.2, 0.25) is 0 Å². The Hall–Kier alpha value is -0.840. The first kappa shape index (κ1) is 13.6. The van der Waals surface area contributed by atoms with Crippen LogP contribution in [0.15, 0.2) is 10.7 Å². The fourth-order valence-corrected chi connectivity index (χ4v) is 3.16. The molecule has 1 atom stereocenters. The molecule has 0 aliphatic heterocycles. The maximum Gasteiger partial charge on any atom is 0.225 e. The van der Waals surface area contributed by atoms with Gasteiger partial charge in [0, 0.05) is 12.1 Å². The van der Waals surface area contributed by atoms with Crippen LogP contribution in [0.3, 0.4) is 0 Å². The second-order valence-corrected chi connectivity index (χ2v) is 5.81. The lowest BCUT2D eigenvalue weighted by Gasteiger charge is -2.30. The summed E-state index contributed by atoms with van der Waals surface area (Å²) >= 11 is 3.35. The van der Waals surface area contributed by atoms with E-state index in [9.17, 15) is 0 Å². The van der Waals surface area contributed by atoms with Crippen molar-refractivity contribution in [1.29, 1.82) is 0 Å². The molecule has 1 aromatic rings. The summed E-state index contributed by atoms with van der Waals surface area (Å²) in [6.45, 7) is 2.22. The van der Waals surface area contributed by atoms with Gasteiger partial charge in [-0.2, -0.15) is 4.98 Å². The van der Waals surface area contributed by atoms with Crippen LogP contribution in [0.1, 0.15) is 45.4 Å². The Morgan fingerprint density at radius 3 is 2.72 bits per heavy atom. The molecule has 0 bridgehead atoms. The van der Waals surface area contributed by atoms with Crippen LogP contribution in [-0.4, -0.2) is 16.0 Å². The fraction of sp³-hybridized carbons (Fsp3) is 0.692. The Labute approximate surface area is 117 Å². The Morgan fingerprint density at radius 1 is 1.39 bits per heavy atom. The van der Waals surface area contributed by atoms with E-state index in [4.69, 9.17) is 5.73 Å². The van der Waals surface area contributed by atoms with Crippen molar-refractivity contribution in [2.24, 2.45) is 5.92 Å². The third-order valence-corrected chi connectivity index (χ3v) is 4.09. The van der Waals surface area contributed by atoms with Gasteiger partial charge in [-0.1, -0.05) is 26.2 Å². The van der Waals surface area contributed by atoms with Crippen LogP contribution in [-0.2, 0) is 0 Å². The van der Waals surface area contributed by atoms with Crippen molar-refractivity contribution in [2.75, 3.05) is 11.1 Å². The maximum atomic E-state index is 5.73. The monoisotopic (exact) mass is 312 g/mol. The highest BCUT2D eigenvalue weighted by molar-refractivity contribution is 9.10. The van der Waals surface area contributed by atoms with Crippen molar-refractivity contribution in [1.82, 2.24) is 9.97 Å². The van der Waals surface area contributed by atoms with E-state index in [0.29, 0.717) is 17.8 Å². The van der Waals surface area contributed by atoms with E-state index in [1.165, 1.54) is 32.1 Å². The number of hydrogen-bond acceptors (Lipinski definition) is 4. The van der Waals surface area contributed by atoms with E-state index in [1.54, 1.807) is 6.07 Å². The van der Waals surface area contributed by atoms with E-state index in [1.807, 2.05) is 0 Å². The minimum absolute atomic E-state index is 0.457. The molecule has 0 amide bonds. The van der Waals surface area contributed by atoms with Gasteiger partial charge < -0.3 is 11.1 Å². The summed E-state index contributed by atoms with van der Waals surface area (Å²) in [5.74, 6) is 1.88. The van der Waals surface area contributed by atoms with Gasteiger partial charge in [0.15, 0.2) is 0 Å². The van der Waals surface area contributed by atoms with E-state index in [0.717, 1.165) is 16.9 Å². The van der Waals surface area contributed by atoms with Crippen LogP contribution in [0.25, 0.3) is 0 Å². The van der Waals surface area contributed by atoms with Gasteiger partial charge in [-0.3, -0.25) is 0 Å². The van der Waals surface area contributed by atoms with Crippen LogP contribution in [0, 0.1) is 5.92 Å². The van der Waals surface area contributed by atoms with Gasteiger partial charge in [-0.15, -0.1) is 0 Å². The van der Waals surface area contributed by atoms with Gasteiger partial charge in [0.2, 0.25) is 5.95 Å². The highest BCUT2D eigenvalue weighted by atomic mass is 79.9. The van der Waals surface area contributed by atoms with Crippen molar-refractivity contribution in [3.05, 3.63) is 10.7 Å². The molecule has 4 nitrogen and oxygen atoms in total. The van der Waals surface area contributed by atoms with Crippen molar-refractivity contribution in [2.45, 2.75) is 51.5 Å². The van der Waals surface area contributed by atoms with Gasteiger partial charge in [-0.05, 0) is 41.1 Å². The number of nitrogens with zero attached hydrogens (tertiary/aromatic N) is 2. The highest BCUT2D eigenvalue weighted by Gasteiger charge is 2.22. The number of nitrogens with one attached hydrogen (secondary N) is 1. The summed E-state index contributed by atoms with van der Waals surface area (Å²) in [6, 6.07) is 2.17. The first-order valence-electron chi connectivity index (χ1n) is 6.75. The molecule has 1 heterocycles. The minimum atomic E-state index is 0.457. The second kappa shape index (κ2) is 6.36. The van der Waals surface area contributed by atoms with E-state index < -0.39 is 0 Å². The third kappa shape index (κ3) is 3.57. The van der Waals surface area contributed by atoms with Gasteiger partial charge in [0.05, 0.1) is 0 Å². The molecule has 0 radical (unpaired) electrons. The summed E-state index contributed by atoms with van der Waals surface area (Å²) in [7, 11) is 0. The molecule has 5 heteroatoms. The number of nitrogen functional groups attached to an aromatic ring is 1. The van der Waals surface area contributed by atoms with Crippen LogP contribution >= 0.6 is 15.9 Å². The molecule has 100 valence electrons. The Kier molecular flexibility index (Phi) is 4.80. The summed E-state index contributed by atoms with van der Waals surface area (Å²) in [5, 5.41) is 3.45. The Balaban J connectivity index is 2.04. The fourth-order valence-electron chi connectivity index (χ4n) is 2.76. The predicted octanol–water partition coefficient (Wildman–Crippen LogP) is 3.59. The highest BCUT2D eigenvalue weighted by Crippen LogP contribution is 2.29. The van der Waals surface area contributed by atoms with Crippen LogP contribution in [0.5, 0.6) is 0 Å². The average Bonchev–Trinajstić information content (AvgIpc) is 2.36. The van der Waals surface area contributed by atoms with E-state index in [2.05, 4.69) is 38.1 Å². The zero-order valence-electron chi connectivity index (χ0n) is 10.8. The lowest BCUT2D eigenvalue weighted by atomic mass is 9.83. The molecule has 1 aromatic heterocycles. The third-order valence-electron chi connectivity index (χ3n) is 3.69. The number of anilines is 2. The van der Waals surface area contributed by atoms with Crippen LogP contribution in [0.4, 0.5) is 11.8 Å². The average molecular weight is 313 g/mol. The summed E-state index contributed by atoms with van der Waals surface area (Å²) in [4.78, 5) is 8.57. The SMILES string of the molecule is CCC(Nc1nc(N)cc(Br)n1)C1CCCCC1. The summed E-state index contributed by atoms with van der Waals surface area (Å²) in [6.07, 6.45) is 7.81. The molecule has 0 aromatic carbocycles. The molecule has 3 N–H and O–H groups in total. The van der Waals surface area contributed by atoms with Crippen molar-refractivity contribution >= 4 is 27.7 Å². The number of rotatable bonds is 4. The molecule has 1 aliphatic rings. The molecule has 1 fully saturated rings. The second-order valence-electron chi connectivity index (χ2n) is 5.00. The van der Waals surface area contributed by atoms with Gasteiger partial charge in [0.25, 0.3) is 0 Å². The van der Waals surface area contributed by atoms with Gasteiger partial charge >= 0.3 is 0 Å². The lowest BCUT2D eigenvalue weighted by Crippen LogP contribution is -2.31. The number of hydrogen-bond donors (Lipinski definition) is 2. The van der Waals surface area contributed by atoms with E-state index in [-0.39, 0.29) is 0 Å². The molecule has 1 saturated carbocycles. The first-order chi connectivity index (χ1) is 8.69. The van der Waals surface area contributed by atoms with Gasteiger partial charge in [-0.25, -0.2) is 4.98 Å². The molecular formula is C13H21BrN4. The number of halogens is 1. The maximum absolute atomic E-state index is 5.73. The smallest absolute Gasteiger partial charge is 0.225 e. The molecule has 18 heavy (non-hydrogen) atoms. The minimum Gasteiger partial charge on any atom is -0.383 e. The molecule has 1 aliphatic carbocycles. The summed E-state index contributed by atoms with van der Waals surface area (Å²) in [5.41, 5.74) is 5.73. The van der Waals surface area contributed by atoms with Gasteiger partial charge in [0.1, 0.15) is 10.4 Å². The predicted molar refractivity (Wildman–Crippen MR) is 78.4 cm³/mol. The van der Waals surface area contributed by atoms with Crippen molar-refractivity contribution < 1.29 is 0 Å². The first-order valence-corrected chi connectivity index (χ1v) is 7.55. The van der Waals surface area contributed by atoms with Crippen molar-refractivity contribution in [3.63, 3.8) is 0 Å². The van der Waals surface area contributed by atoms with E-state index >= 15 is 0 Å².